The van der Waals surface area contributed by atoms with E-state index in [2.05, 4.69) is 26.9 Å². The Morgan fingerprint density at radius 3 is 2.46 bits per heavy atom. The molecule has 0 spiro atoms. The van der Waals surface area contributed by atoms with E-state index >= 15 is 0 Å². The number of nitrogens with zero attached hydrogens (tertiary/aromatic N) is 1. The van der Waals surface area contributed by atoms with Gasteiger partial charge < -0.3 is 5.73 Å². The first-order chi connectivity index (χ1) is 11.4. The van der Waals surface area contributed by atoms with Crippen molar-refractivity contribution in [3.05, 3.63) is 53.2 Å². The molecule has 1 aromatic carbocycles. The molecule has 24 heavy (non-hydrogen) atoms. The van der Waals surface area contributed by atoms with Crippen LogP contribution in [0.1, 0.15) is 22.9 Å². The van der Waals surface area contributed by atoms with Crippen LogP contribution in [0.2, 0.25) is 0 Å². The first kappa shape index (κ1) is 16.8. The van der Waals surface area contributed by atoms with Gasteiger partial charge in [0.2, 0.25) is 10.0 Å². The van der Waals surface area contributed by atoms with Gasteiger partial charge in [0.25, 0.3) is 0 Å². The van der Waals surface area contributed by atoms with Crippen molar-refractivity contribution in [2.75, 3.05) is 5.73 Å². The minimum Gasteiger partial charge on any atom is -0.384 e. The van der Waals surface area contributed by atoms with E-state index in [9.17, 15) is 8.42 Å². The van der Waals surface area contributed by atoms with Crippen molar-refractivity contribution in [3.63, 3.8) is 0 Å². The van der Waals surface area contributed by atoms with E-state index in [0.717, 1.165) is 11.1 Å². The van der Waals surface area contributed by atoms with Crippen molar-refractivity contribution in [2.24, 2.45) is 5.14 Å². The monoisotopic (exact) mass is 349 g/mol. The molecule has 3 rings (SSSR count). The summed E-state index contributed by atoms with van der Waals surface area (Å²) >= 11 is 0. The fourth-order valence-corrected chi connectivity index (χ4v) is 3.47. The molecule has 1 fully saturated rings. The van der Waals surface area contributed by atoms with Crippen molar-refractivity contribution < 1.29 is 8.42 Å². The van der Waals surface area contributed by atoms with E-state index in [1.165, 1.54) is 6.07 Å². The number of hydrogen-bond acceptors (Lipinski definition) is 8. The van der Waals surface area contributed by atoms with Crippen molar-refractivity contribution in [3.8, 4) is 0 Å². The molecule has 0 radical (unpaired) electrons. The zero-order valence-corrected chi connectivity index (χ0v) is 13.6. The number of hydrazine groups is 3. The molecular weight excluding hydrogens is 330 g/mol. The minimum atomic E-state index is -3.85. The molecule has 1 aromatic heterocycles. The number of sulfonamides is 1. The molecule has 0 amide bonds. The number of pyridine rings is 1. The Hall–Kier alpha value is -2.08. The van der Waals surface area contributed by atoms with Gasteiger partial charge in [0.05, 0.1) is 4.90 Å². The summed E-state index contributed by atoms with van der Waals surface area (Å²) in [6.45, 7) is 0. The van der Waals surface area contributed by atoms with Crippen molar-refractivity contribution in [1.82, 2.24) is 26.9 Å². The highest BCUT2D eigenvalue weighted by atomic mass is 32.2. The molecule has 128 valence electrons. The molecule has 0 saturated carbocycles. The third-order valence-corrected chi connectivity index (χ3v) is 4.75. The van der Waals surface area contributed by atoms with Gasteiger partial charge in [-0.3, -0.25) is 0 Å². The van der Waals surface area contributed by atoms with Crippen LogP contribution in [0, 0.1) is 0 Å². The van der Waals surface area contributed by atoms with Crippen LogP contribution in [0.15, 0.2) is 41.4 Å². The molecular formula is C14H19N7O2S. The van der Waals surface area contributed by atoms with Crippen LogP contribution in [-0.2, 0) is 22.9 Å². The van der Waals surface area contributed by atoms with Gasteiger partial charge in [-0.1, -0.05) is 18.2 Å². The Morgan fingerprint density at radius 2 is 1.83 bits per heavy atom. The fourth-order valence-electron chi connectivity index (χ4n) is 2.64. The molecule has 0 atom stereocenters. The van der Waals surface area contributed by atoms with E-state index in [1.54, 1.807) is 18.3 Å². The minimum absolute atomic E-state index is 0.0888. The van der Waals surface area contributed by atoms with Crippen molar-refractivity contribution >= 4 is 15.8 Å². The fraction of sp³-hybridized carbons (Fsp3) is 0.214. The van der Waals surface area contributed by atoms with Gasteiger partial charge in [-0.2, -0.15) is 11.1 Å². The van der Waals surface area contributed by atoms with Gasteiger partial charge in [0.1, 0.15) is 12.0 Å². The standard InChI is InChI=1S/C14H19N7O2S/c15-12-7-5-9(8-17-12)4-6-10-2-1-3-11(24(16,22)23)13(10)14-18-20-21-19-14/h1-3,5,7-8,14,18-21H,4,6H2,(H2,15,17)(H2,16,22,23). The van der Waals surface area contributed by atoms with Crippen molar-refractivity contribution in [2.45, 2.75) is 23.9 Å². The largest absolute Gasteiger partial charge is 0.384 e. The van der Waals surface area contributed by atoms with Crippen LogP contribution < -0.4 is 32.8 Å². The Morgan fingerprint density at radius 1 is 1.08 bits per heavy atom. The van der Waals surface area contributed by atoms with Crippen LogP contribution >= 0.6 is 0 Å². The molecule has 0 aliphatic carbocycles. The Labute approximate surface area is 139 Å². The smallest absolute Gasteiger partial charge is 0.238 e. The summed E-state index contributed by atoms with van der Waals surface area (Å²) in [5, 5.41) is 5.37. The van der Waals surface area contributed by atoms with Crippen LogP contribution in [0.4, 0.5) is 5.82 Å². The van der Waals surface area contributed by atoms with Crippen LogP contribution in [0.25, 0.3) is 0 Å². The second kappa shape index (κ2) is 6.81. The van der Waals surface area contributed by atoms with E-state index in [-0.39, 0.29) is 4.90 Å². The number of nitrogens with one attached hydrogen (secondary N) is 4. The average Bonchev–Trinajstić information content (AvgIpc) is 3.07. The number of nitrogens with two attached hydrogens (primary N) is 2. The molecule has 9 nitrogen and oxygen atoms in total. The second-order valence-corrected chi connectivity index (χ2v) is 6.97. The topological polar surface area (TPSA) is 147 Å². The number of aromatic nitrogens is 1. The van der Waals surface area contributed by atoms with Crippen LogP contribution in [-0.4, -0.2) is 13.4 Å². The van der Waals surface area contributed by atoms with Gasteiger partial charge in [0.15, 0.2) is 0 Å². The average molecular weight is 349 g/mol. The normalized spacial score (nSPS) is 15.7. The first-order valence-corrected chi connectivity index (χ1v) is 8.86. The summed E-state index contributed by atoms with van der Waals surface area (Å²) in [5.41, 5.74) is 19.2. The number of primary sulfonamides is 1. The number of rotatable bonds is 5. The highest BCUT2D eigenvalue weighted by Gasteiger charge is 2.26. The maximum atomic E-state index is 11.9. The number of aryl methyl sites for hydroxylation is 2. The summed E-state index contributed by atoms with van der Waals surface area (Å²) in [4.78, 5) is 4.15. The Balaban J connectivity index is 1.92. The highest BCUT2D eigenvalue weighted by molar-refractivity contribution is 7.89. The molecule has 2 aromatic rings. The van der Waals surface area contributed by atoms with Crippen LogP contribution in [0.3, 0.4) is 0 Å². The van der Waals surface area contributed by atoms with Gasteiger partial charge in [-0.15, -0.1) is 0 Å². The maximum Gasteiger partial charge on any atom is 0.238 e. The summed E-state index contributed by atoms with van der Waals surface area (Å²) < 4.78 is 23.9. The number of anilines is 1. The zero-order chi connectivity index (χ0) is 17.2. The lowest BCUT2D eigenvalue weighted by molar-refractivity contribution is 0.533. The lowest BCUT2D eigenvalue weighted by atomic mass is 9.99. The summed E-state index contributed by atoms with van der Waals surface area (Å²) in [6, 6.07) is 8.72. The second-order valence-electron chi connectivity index (χ2n) is 5.44. The van der Waals surface area contributed by atoms with Gasteiger partial charge in [-0.25, -0.2) is 29.4 Å². The van der Waals surface area contributed by atoms with E-state index in [0.29, 0.717) is 24.2 Å². The van der Waals surface area contributed by atoms with E-state index < -0.39 is 16.2 Å². The third kappa shape index (κ3) is 3.70. The first-order valence-electron chi connectivity index (χ1n) is 7.31. The summed E-state index contributed by atoms with van der Waals surface area (Å²) in [7, 11) is -3.85. The van der Waals surface area contributed by atoms with E-state index in [4.69, 9.17) is 10.9 Å². The number of benzene rings is 1. The third-order valence-electron chi connectivity index (χ3n) is 3.78. The van der Waals surface area contributed by atoms with Gasteiger partial charge in [-0.05, 0) is 36.1 Å². The predicted molar refractivity (Wildman–Crippen MR) is 89.2 cm³/mol. The molecule has 0 bridgehead atoms. The summed E-state index contributed by atoms with van der Waals surface area (Å²) in [6.07, 6.45) is 2.61. The molecule has 10 heteroatoms. The SMILES string of the molecule is Nc1ccc(CCc2cccc(S(N)(=O)=O)c2C2NNNN2)cn1. The Bertz CT molecular complexity index is 818. The molecule has 0 unspecified atom stereocenters. The van der Waals surface area contributed by atoms with Gasteiger partial charge >= 0.3 is 0 Å². The predicted octanol–water partition coefficient (Wildman–Crippen LogP) is -0.788. The quantitative estimate of drug-likeness (QED) is 0.412. The van der Waals surface area contributed by atoms with Crippen LogP contribution in [0.5, 0.6) is 0 Å². The molecule has 1 aliphatic rings. The number of nitrogen functional groups attached to an aromatic ring is 1. The molecule has 8 N–H and O–H groups in total. The Kier molecular flexibility index (Phi) is 4.76. The van der Waals surface area contributed by atoms with Crippen molar-refractivity contribution in [1.29, 1.82) is 0 Å². The number of hydrogen-bond donors (Lipinski definition) is 6. The maximum absolute atomic E-state index is 11.9. The highest BCUT2D eigenvalue weighted by Crippen LogP contribution is 2.26. The lowest BCUT2D eigenvalue weighted by Gasteiger charge is -2.18. The molecule has 2 heterocycles. The zero-order valence-electron chi connectivity index (χ0n) is 12.8. The summed E-state index contributed by atoms with van der Waals surface area (Å²) in [5.74, 6) is 0.465. The molecule has 1 saturated heterocycles. The van der Waals surface area contributed by atoms with E-state index in [1.807, 2.05) is 12.1 Å². The molecule has 1 aliphatic heterocycles. The van der Waals surface area contributed by atoms with Gasteiger partial charge in [0, 0.05) is 11.8 Å². The lowest BCUT2D eigenvalue weighted by Crippen LogP contribution is -2.33.